The number of para-hydroxylation sites is 1. The number of piperidine rings is 1. The molecule has 0 aromatic heterocycles. The zero-order valence-electron chi connectivity index (χ0n) is 18.8. The monoisotopic (exact) mass is 464 g/mol. The lowest BCUT2D eigenvalue weighted by molar-refractivity contribution is 0.102. The van der Waals surface area contributed by atoms with Crippen LogP contribution in [0.5, 0.6) is 5.75 Å². The van der Waals surface area contributed by atoms with E-state index >= 15 is 0 Å². The van der Waals surface area contributed by atoms with Crippen LogP contribution < -0.4 is 10.1 Å². The van der Waals surface area contributed by atoms with Crippen molar-refractivity contribution in [2.24, 2.45) is 0 Å². The molecule has 1 aliphatic rings. The normalized spacial score (nSPS) is 16.8. The molecule has 7 heteroatoms. The highest BCUT2D eigenvalue weighted by Gasteiger charge is 2.33. The lowest BCUT2D eigenvalue weighted by atomic mass is 10.0. The van der Waals surface area contributed by atoms with Gasteiger partial charge in [0.05, 0.1) is 7.11 Å². The SMILES string of the molecule is COc1ccc(C(=O)Nc2ccccc2-c2ccccc2)cc1S(=O)(=O)N1CCCC[C@@H]1C. The van der Waals surface area contributed by atoms with E-state index in [-0.39, 0.29) is 28.2 Å². The minimum absolute atomic E-state index is 0.0164. The van der Waals surface area contributed by atoms with Crippen molar-refractivity contribution in [3.8, 4) is 16.9 Å². The first kappa shape index (κ1) is 23.0. The minimum Gasteiger partial charge on any atom is -0.495 e. The third kappa shape index (κ3) is 4.79. The number of carbonyl (C=O) groups is 1. The number of carbonyl (C=O) groups excluding carboxylic acids is 1. The van der Waals surface area contributed by atoms with Crippen molar-refractivity contribution in [2.45, 2.75) is 37.1 Å². The third-order valence-corrected chi connectivity index (χ3v) is 8.05. The lowest BCUT2D eigenvalue weighted by Crippen LogP contribution is -2.42. The molecule has 1 amide bonds. The zero-order valence-corrected chi connectivity index (χ0v) is 19.6. The van der Waals surface area contributed by atoms with E-state index in [2.05, 4.69) is 5.32 Å². The predicted molar refractivity (Wildman–Crippen MR) is 130 cm³/mol. The van der Waals surface area contributed by atoms with Gasteiger partial charge in [0.1, 0.15) is 10.6 Å². The molecule has 1 atom stereocenters. The van der Waals surface area contributed by atoms with Gasteiger partial charge >= 0.3 is 0 Å². The largest absolute Gasteiger partial charge is 0.495 e. The number of rotatable bonds is 6. The quantitative estimate of drug-likeness (QED) is 0.546. The van der Waals surface area contributed by atoms with Gasteiger partial charge < -0.3 is 10.1 Å². The Bertz CT molecular complexity index is 1240. The van der Waals surface area contributed by atoms with Crippen LogP contribution in [0, 0.1) is 0 Å². The molecule has 1 aliphatic heterocycles. The maximum absolute atomic E-state index is 13.5. The molecule has 6 nitrogen and oxygen atoms in total. The summed E-state index contributed by atoms with van der Waals surface area (Å²) < 4.78 is 33.8. The molecule has 1 fully saturated rings. The van der Waals surface area contributed by atoms with Crippen LogP contribution in [-0.2, 0) is 10.0 Å². The number of nitrogens with zero attached hydrogens (tertiary/aromatic N) is 1. The fourth-order valence-electron chi connectivity index (χ4n) is 4.23. The van der Waals surface area contributed by atoms with Gasteiger partial charge in [-0.2, -0.15) is 4.31 Å². The smallest absolute Gasteiger partial charge is 0.255 e. The van der Waals surface area contributed by atoms with E-state index in [1.54, 1.807) is 12.1 Å². The molecule has 172 valence electrons. The van der Waals surface area contributed by atoms with Crippen LogP contribution in [0.1, 0.15) is 36.5 Å². The van der Waals surface area contributed by atoms with Gasteiger partial charge in [0, 0.05) is 29.4 Å². The lowest BCUT2D eigenvalue weighted by Gasteiger charge is -2.32. The molecular formula is C26H28N2O4S. The van der Waals surface area contributed by atoms with Gasteiger partial charge in [0.25, 0.3) is 5.91 Å². The van der Waals surface area contributed by atoms with Crippen LogP contribution in [0.4, 0.5) is 5.69 Å². The van der Waals surface area contributed by atoms with Gasteiger partial charge in [-0.15, -0.1) is 0 Å². The van der Waals surface area contributed by atoms with E-state index in [0.29, 0.717) is 12.2 Å². The predicted octanol–water partition coefficient (Wildman–Crippen LogP) is 5.18. The number of sulfonamides is 1. The summed E-state index contributed by atoms with van der Waals surface area (Å²) >= 11 is 0. The van der Waals surface area contributed by atoms with Crippen LogP contribution in [0.15, 0.2) is 77.7 Å². The summed E-state index contributed by atoms with van der Waals surface area (Å²) in [5.74, 6) is -0.154. The molecule has 0 unspecified atom stereocenters. The first-order chi connectivity index (χ1) is 15.9. The standard InChI is InChI=1S/C26H28N2O4S/c1-19-10-8-9-17-28(19)33(30,31)25-18-21(15-16-24(25)32-2)26(29)27-23-14-7-6-13-22(23)20-11-4-3-5-12-20/h3-7,11-16,18-19H,8-10,17H2,1-2H3,(H,27,29)/t19-/m0/s1. The molecule has 3 aromatic rings. The molecule has 4 rings (SSSR count). The molecule has 0 radical (unpaired) electrons. The Kier molecular flexibility index (Phi) is 6.81. The zero-order chi connectivity index (χ0) is 23.4. The minimum atomic E-state index is -3.81. The molecule has 1 saturated heterocycles. The van der Waals surface area contributed by atoms with Crippen molar-refractivity contribution in [3.63, 3.8) is 0 Å². The van der Waals surface area contributed by atoms with E-state index in [4.69, 9.17) is 4.74 Å². The molecule has 0 spiro atoms. The van der Waals surface area contributed by atoms with E-state index in [1.807, 2.05) is 61.5 Å². The van der Waals surface area contributed by atoms with Gasteiger partial charge in [-0.05, 0) is 49.6 Å². The summed E-state index contributed by atoms with van der Waals surface area (Å²) in [4.78, 5) is 13.2. The van der Waals surface area contributed by atoms with Gasteiger partial charge in [-0.1, -0.05) is 55.0 Å². The number of hydrogen-bond acceptors (Lipinski definition) is 4. The fraction of sp³-hybridized carbons (Fsp3) is 0.269. The highest BCUT2D eigenvalue weighted by molar-refractivity contribution is 7.89. The molecular weight excluding hydrogens is 436 g/mol. The Morgan fingerprint density at radius 1 is 1.00 bits per heavy atom. The van der Waals surface area contributed by atoms with Crippen molar-refractivity contribution >= 4 is 21.6 Å². The Hall–Kier alpha value is -3.16. The first-order valence-electron chi connectivity index (χ1n) is 11.1. The second-order valence-corrected chi connectivity index (χ2v) is 10.1. The van der Waals surface area contributed by atoms with Crippen LogP contribution in [0.25, 0.3) is 11.1 Å². The number of amides is 1. The highest BCUT2D eigenvalue weighted by atomic mass is 32.2. The number of anilines is 1. The van der Waals surface area contributed by atoms with Crippen LogP contribution in [-0.4, -0.2) is 38.3 Å². The summed E-state index contributed by atoms with van der Waals surface area (Å²) in [6.07, 6.45) is 2.65. The number of ether oxygens (including phenoxy) is 1. The topological polar surface area (TPSA) is 75.7 Å². The average molecular weight is 465 g/mol. The fourth-order valence-corrected chi connectivity index (χ4v) is 6.11. The maximum atomic E-state index is 13.5. The molecule has 3 aromatic carbocycles. The van der Waals surface area contributed by atoms with E-state index in [1.165, 1.54) is 17.5 Å². The van der Waals surface area contributed by atoms with Gasteiger partial charge in [0.2, 0.25) is 10.0 Å². The Balaban J connectivity index is 1.67. The number of hydrogen-bond donors (Lipinski definition) is 1. The van der Waals surface area contributed by atoms with Gasteiger partial charge in [-0.3, -0.25) is 4.79 Å². The Morgan fingerprint density at radius 2 is 1.73 bits per heavy atom. The van der Waals surface area contributed by atoms with Crippen molar-refractivity contribution in [1.82, 2.24) is 4.31 Å². The number of benzene rings is 3. The Morgan fingerprint density at radius 3 is 2.45 bits per heavy atom. The van der Waals surface area contributed by atoms with E-state index < -0.39 is 10.0 Å². The Labute approximate surface area is 195 Å². The van der Waals surface area contributed by atoms with Gasteiger partial charge in [-0.25, -0.2) is 8.42 Å². The molecule has 33 heavy (non-hydrogen) atoms. The second kappa shape index (κ2) is 9.77. The van der Waals surface area contributed by atoms with Crippen LogP contribution >= 0.6 is 0 Å². The van der Waals surface area contributed by atoms with Gasteiger partial charge in [0.15, 0.2) is 0 Å². The maximum Gasteiger partial charge on any atom is 0.255 e. The van der Waals surface area contributed by atoms with Crippen LogP contribution in [0.3, 0.4) is 0 Å². The highest BCUT2D eigenvalue weighted by Crippen LogP contribution is 2.33. The van der Waals surface area contributed by atoms with Crippen molar-refractivity contribution in [2.75, 3.05) is 19.0 Å². The molecule has 1 heterocycles. The number of nitrogens with one attached hydrogen (secondary N) is 1. The van der Waals surface area contributed by atoms with Crippen LogP contribution in [0.2, 0.25) is 0 Å². The summed E-state index contributed by atoms with van der Waals surface area (Å²) in [6.45, 7) is 2.38. The summed E-state index contributed by atoms with van der Waals surface area (Å²) in [5, 5.41) is 2.94. The summed E-state index contributed by atoms with van der Waals surface area (Å²) in [5.41, 5.74) is 2.76. The van der Waals surface area contributed by atoms with Crippen molar-refractivity contribution in [1.29, 1.82) is 0 Å². The summed E-state index contributed by atoms with van der Waals surface area (Å²) in [7, 11) is -2.37. The second-order valence-electron chi connectivity index (χ2n) is 8.19. The number of methoxy groups -OCH3 is 1. The van der Waals surface area contributed by atoms with E-state index in [9.17, 15) is 13.2 Å². The van der Waals surface area contributed by atoms with Crippen molar-refractivity contribution in [3.05, 3.63) is 78.4 Å². The average Bonchev–Trinajstić information content (AvgIpc) is 2.84. The molecule has 0 aliphatic carbocycles. The third-order valence-electron chi connectivity index (χ3n) is 6.01. The summed E-state index contributed by atoms with van der Waals surface area (Å²) in [6, 6.07) is 21.7. The molecule has 0 saturated carbocycles. The molecule has 0 bridgehead atoms. The van der Waals surface area contributed by atoms with Crippen molar-refractivity contribution < 1.29 is 17.9 Å². The molecule has 1 N–H and O–H groups in total. The first-order valence-corrected chi connectivity index (χ1v) is 12.5. The van der Waals surface area contributed by atoms with E-state index in [0.717, 1.165) is 30.4 Å².